The maximum absolute atomic E-state index is 10.1. The number of rotatable bonds is 4. The summed E-state index contributed by atoms with van der Waals surface area (Å²) in [4.78, 5) is 14.5. The van der Waals surface area contributed by atoms with Gasteiger partial charge in [-0.1, -0.05) is 18.2 Å². The van der Waals surface area contributed by atoms with Crippen LogP contribution in [0.2, 0.25) is 0 Å². The Morgan fingerprint density at radius 1 is 1.18 bits per heavy atom. The van der Waals surface area contributed by atoms with Gasteiger partial charge in [-0.3, -0.25) is 9.78 Å². The number of nitrogens with zero attached hydrogens (tertiary/aromatic N) is 1. The second-order valence-corrected chi connectivity index (χ2v) is 3.86. The quantitative estimate of drug-likeness (QED) is 0.753. The van der Waals surface area contributed by atoms with Gasteiger partial charge in [0.25, 0.3) is 6.47 Å². The molecule has 0 fully saturated rings. The van der Waals surface area contributed by atoms with Crippen molar-refractivity contribution in [1.82, 2.24) is 4.98 Å². The van der Waals surface area contributed by atoms with Crippen molar-refractivity contribution in [2.24, 2.45) is 0 Å². The molecule has 3 nitrogen and oxygen atoms in total. The molecule has 0 aliphatic heterocycles. The van der Waals surface area contributed by atoms with Crippen molar-refractivity contribution in [2.75, 3.05) is 0 Å². The van der Waals surface area contributed by atoms with Crippen LogP contribution >= 0.6 is 0 Å². The molecule has 0 unspecified atom stereocenters. The van der Waals surface area contributed by atoms with Crippen molar-refractivity contribution in [3.05, 3.63) is 59.4 Å². The standard InChI is InChI=1S/C14H13NO2/c1-11-2-5-13(15-9-11)8-12-3-6-14(7-4-12)17-10-16/h2-7,9-10H,8H2,1H3. The Bertz CT molecular complexity index is 489. The van der Waals surface area contributed by atoms with Crippen molar-refractivity contribution in [1.29, 1.82) is 0 Å². The van der Waals surface area contributed by atoms with Gasteiger partial charge in [0.1, 0.15) is 5.75 Å². The minimum Gasteiger partial charge on any atom is -0.429 e. The van der Waals surface area contributed by atoms with Gasteiger partial charge in [0, 0.05) is 18.3 Å². The molecule has 2 aromatic rings. The first-order valence-electron chi connectivity index (χ1n) is 5.39. The maximum atomic E-state index is 10.1. The van der Waals surface area contributed by atoms with Crippen molar-refractivity contribution >= 4 is 6.47 Å². The van der Waals surface area contributed by atoms with Crippen LogP contribution in [0.5, 0.6) is 5.75 Å². The molecule has 0 bridgehead atoms. The van der Waals surface area contributed by atoms with Gasteiger partial charge in [0.05, 0.1) is 0 Å². The third-order valence-electron chi connectivity index (χ3n) is 2.47. The average Bonchev–Trinajstić information content (AvgIpc) is 2.35. The van der Waals surface area contributed by atoms with Crippen molar-refractivity contribution < 1.29 is 9.53 Å². The number of carbonyl (C=O) groups is 1. The van der Waals surface area contributed by atoms with Gasteiger partial charge in [0.15, 0.2) is 0 Å². The van der Waals surface area contributed by atoms with E-state index >= 15 is 0 Å². The Kier molecular flexibility index (Phi) is 3.50. The average molecular weight is 227 g/mol. The Morgan fingerprint density at radius 2 is 1.94 bits per heavy atom. The predicted molar refractivity (Wildman–Crippen MR) is 64.9 cm³/mol. The van der Waals surface area contributed by atoms with Crippen LogP contribution in [0, 0.1) is 6.92 Å². The number of aryl methyl sites for hydroxylation is 1. The first kappa shape index (κ1) is 11.3. The molecule has 86 valence electrons. The normalized spacial score (nSPS) is 9.94. The fourth-order valence-electron chi connectivity index (χ4n) is 1.55. The number of carbonyl (C=O) groups excluding carboxylic acids is 1. The van der Waals surface area contributed by atoms with E-state index in [1.165, 1.54) is 0 Å². The summed E-state index contributed by atoms with van der Waals surface area (Å²) in [5.74, 6) is 0.556. The van der Waals surface area contributed by atoms with Crippen LogP contribution in [-0.2, 0) is 11.2 Å². The SMILES string of the molecule is Cc1ccc(Cc2ccc(OC=O)cc2)nc1. The number of aromatic nitrogens is 1. The van der Waals surface area contributed by atoms with E-state index in [9.17, 15) is 4.79 Å². The molecule has 1 aromatic carbocycles. The number of hydrogen-bond donors (Lipinski definition) is 0. The maximum Gasteiger partial charge on any atom is 0.298 e. The molecule has 3 heteroatoms. The summed E-state index contributed by atoms with van der Waals surface area (Å²) in [6, 6.07) is 11.5. The second-order valence-electron chi connectivity index (χ2n) is 3.86. The van der Waals surface area contributed by atoms with Gasteiger partial charge in [-0.25, -0.2) is 0 Å². The molecule has 2 rings (SSSR count). The molecule has 17 heavy (non-hydrogen) atoms. The summed E-state index contributed by atoms with van der Waals surface area (Å²) in [5, 5.41) is 0. The first-order chi connectivity index (χ1) is 8.28. The van der Waals surface area contributed by atoms with Crippen LogP contribution in [-0.4, -0.2) is 11.5 Å². The molecule has 0 amide bonds. The highest BCUT2D eigenvalue weighted by atomic mass is 16.5. The monoisotopic (exact) mass is 227 g/mol. The first-order valence-corrected chi connectivity index (χ1v) is 5.39. The molecule has 0 saturated carbocycles. The van der Waals surface area contributed by atoms with Crippen LogP contribution in [0.1, 0.15) is 16.8 Å². The van der Waals surface area contributed by atoms with E-state index in [0.717, 1.165) is 23.2 Å². The van der Waals surface area contributed by atoms with Gasteiger partial charge in [-0.2, -0.15) is 0 Å². The van der Waals surface area contributed by atoms with Gasteiger partial charge in [0.2, 0.25) is 0 Å². The molecular formula is C14H13NO2. The van der Waals surface area contributed by atoms with E-state index in [-0.39, 0.29) is 0 Å². The molecule has 1 aromatic heterocycles. The smallest absolute Gasteiger partial charge is 0.298 e. The molecule has 0 N–H and O–H groups in total. The lowest BCUT2D eigenvalue weighted by Crippen LogP contribution is -1.93. The molecule has 0 saturated heterocycles. The van der Waals surface area contributed by atoms with Crippen LogP contribution in [0.15, 0.2) is 42.6 Å². The predicted octanol–water partition coefficient (Wildman–Crippen LogP) is 2.52. The van der Waals surface area contributed by atoms with Crippen LogP contribution in [0.4, 0.5) is 0 Å². The topological polar surface area (TPSA) is 39.2 Å². The highest BCUT2D eigenvalue weighted by molar-refractivity contribution is 5.45. The second kappa shape index (κ2) is 5.25. The van der Waals surface area contributed by atoms with E-state index in [1.807, 2.05) is 37.4 Å². The Morgan fingerprint density at radius 3 is 2.53 bits per heavy atom. The minimum absolute atomic E-state index is 0.427. The highest BCUT2D eigenvalue weighted by Crippen LogP contribution is 2.14. The summed E-state index contributed by atoms with van der Waals surface area (Å²) >= 11 is 0. The highest BCUT2D eigenvalue weighted by Gasteiger charge is 1.98. The molecule has 1 heterocycles. The van der Waals surface area contributed by atoms with E-state index in [1.54, 1.807) is 12.1 Å². The zero-order valence-corrected chi connectivity index (χ0v) is 9.59. The minimum atomic E-state index is 0.427. The Balaban J connectivity index is 2.08. The van der Waals surface area contributed by atoms with E-state index in [2.05, 4.69) is 4.98 Å². The van der Waals surface area contributed by atoms with Crippen molar-refractivity contribution in [3.63, 3.8) is 0 Å². The third-order valence-corrected chi connectivity index (χ3v) is 2.47. The number of pyridine rings is 1. The number of hydrogen-bond acceptors (Lipinski definition) is 3. The van der Waals surface area contributed by atoms with Crippen LogP contribution < -0.4 is 4.74 Å². The van der Waals surface area contributed by atoms with E-state index < -0.39 is 0 Å². The van der Waals surface area contributed by atoms with Crippen molar-refractivity contribution in [2.45, 2.75) is 13.3 Å². The largest absolute Gasteiger partial charge is 0.429 e. The third kappa shape index (κ3) is 3.14. The molecule has 0 spiro atoms. The lowest BCUT2D eigenvalue weighted by molar-refractivity contribution is -0.120. The fourth-order valence-corrected chi connectivity index (χ4v) is 1.55. The summed E-state index contributed by atoms with van der Waals surface area (Å²) in [5.41, 5.74) is 3.32. The summed E-state index contributed by atoms with van der Waals surface area (Å²) in [6.45, 7) is 2.44. The Hall–Kier alpha value is -2.16. The number of ether oxygens (including phenoxy) is 1. The zero-order valence-electron chi connectivity index (χ0n) is 9.59. The molecule has 0 radical (unpaired) electrons. The molecular weight excluding hydrogens is 214 g/mol. The Labute approximate surface area is 100 Å². The van der Waals surface area contributed by atoms with E-state index in [0.29, 0.717) is 12.2 Å². The van der Waals surface area contributed by atoms with Crippen molar-refractivity contribution in [3.8, 4) is 5.75 Å². The summed E-state index contributed by atoms with van der Waals surface area (Å²) in [6.07, 6.45) is 2.64. The van der Waals surface area contributed by atoms with Gasteiger partial charge in [-0.15, -0.1) is 0 Å². The molecule has 0 aliphatic carbocycles. The lowest BCUT2D eigenvalue weighted by atomic mass is 10.1. The molecule has 0 atom stereocenters. The summed E-state index contributed by atoms with van der Waals surface area (Å²) in [7, 11) is 0. The fraction of sp³-hybridized carbons (Fsp3) is 0.143. The van der Waals surface area contributed by atoms with Crippen LogP contribution in [0.3, 0.4) is 0 Å². The molecule has 0 aliphatic rings. The number of benzene rings is 1. The van der Waals surface area contributed by atoms with Gasteiger partial charge in [-0.05, 0) is 36.2 Å². The summed E-state index contributed by atoms with van der Waals surface area (Å²) < 4.78 is 4.73. The van der Waals surface area contributed by atoms with E-state index in [4.69, 9.17) is 4.74 Å². The van der Waals surface area contributed by atoms with Crippen LogP contribution in [0.25, 0.3) is 0 Å². The zero-order chi connectivity index (χ0) is 12.1. The lowest BCUT2D eigenvalue weighted by Gasteiger charge is -2.03. The van der Waals surface area contributed by atoms with Gasteiger partial charge >= 0.3 is 0 Å². The van der Waals surface area contributed by atoms with Gasteiger partial charge < -0.3 is 4.74 Å².